The number of aromatic nitrogens is 4. The van der Waals surface area contributed by atoms with Crippen LogP contribution in [0, 0.1) is 5.92 Å². The quantitative estimate of drug-likeness (QED) is 0.423. The Morgan fingerprint density at radius 2 is 2.00 bits per heavy atom. The molecular weight excluding hydrogens is 394 g/mol. The molecule has 0 spiro atoms. The maximum Gasteiger partial charge on any atom is 0.257 e. The first kappa shape index (κ1) is 21.0. The Balaban J connectivity index is 1.51. The number of aryl methyl sites for hydroxylation is 1. The molecule has 4 rings (SSSR count). The highest BCUT2D eigenvalue weighted by Crippen LogP contribution is 2.40. The number of aromatic amines is 1. The third-order valence-electron chi connectivity index (χ3n) is 5.39. The summed E-state index contributed by atoms with van der Waals surface area (Å²) < 4.78 is 11.7. The lowest BCUT2D eigenvalue weighted by Crippen LogP contribution is -2.51. The van der Waals surface area contributed by atoms with Crippen LogP contribution in [0.5, 0.6) is 11.5 Å². The highest BCUT2D eigenvalue weighted by atomic mass is 16.6. The number of nitrogens with one attached hydrogen (secondary N) is 1. The van der Waals surface area contributed by atoms with Crippen LogP contribution in [-0.2, 0) is 12.1 Å². The topological polar surface area (TPSA) is 116 Å². The van der Waals surface area contributed by atoms with Gasteiger partial charge in [-0.1, -0.05) is 57.0 Å². The van der Waals surface area contributed by atoms with Crippen molar-refractivity contribution in [1.29, 1.82) is 0 Å². The number of carbonyl (C=O) groups excluding carboxylic acids is 1. The second-order valence-corrected chi connectivity index (χ2v) is 8.31. The van der Waals surface area contributed by atoms with Crippen LogP contribution in [0.1, 0.15) is 60.4 Å². The van der Waals surface area contributed by atoms with Gasteiger partial charge in [0.15, 0.2) is 17.3 Å². The molecule has 8 heteroatoms. The fourth-order valence-corrected chi connectivity index (χ4v) is 3.62. The van der Waals surface area contributed by atoms with Crippen molar-refractivity contribution in [3.63, 3.8) is 0 Å². The van der Waals surface area contributed by atoms with Gasteiger partial charge in [0.25, 0.3) is 5.72 Å². The van der Waals surface area contributed by atoms with Gasteiger partial charge in [0.05, 0.1) is 5.56 Å². The van der Waals surface area contributed by atoms with Gasteiger partial charge in [-0.3, -0.25) is 10.5 Å². The molecule has 8 nitrogen and oxygen atoms in total. The summed E-state index contributed by atoms with van der Waals surface area (Å²) in [4.78, 5) is 13.2. The zero-order chi connectivity index (χ0) is 21.8. The number of ketones is 1. The maximum atomic E-state index is 13.2. The molecule has 0 fully saturated rings. The van der Waals surface area contributed by atoms with Crippen molar-refractivity contribution in [2.75, 3.05) is 6.61 Å². The monoisotopic (exact) mass is 421 g/mol. The van der Waals surface area contributed by atoms with Gasteiger partial charge < -0.3 is 9.47 Å². The Morgan fingerprint density at radius 3 is 2.71 bits per heavy atom. The van der Waals surface area contributed by atoms with E-state index < -0.39 is 5.72 Å². The number of hydrogen-bond donors (Lipinski definition) is 2. The van der Waals surface area contributed by atoms with E-state index in [1.54, 1.807) is 18.2 Å². The van der Waals surface area contributed by atoms with Crippen molar-refractivity contribution >= 4 is 5.78 Å². The first-order valence-electron chi connectivity index (χ1n) is 10.6. The predicted molar refractivity (Wildman–Crippen MR) is 115 cm³/mol. The average molecular weight is 422 g/mol. The number of carbonyl (C=O) groups is 1. The summed E-state index contributed by atoms with van der Waals surface area (Å²) in [5, 5.41) is 13.7. The average Bonchev–Trinajstić information content (AvgIpc) is 3.32. The van der Waals surface area contributed by atoms with Crippen molar-refractivity contribution in [1.82, 2.24) is 20.6 Å². The van der Waals surface area contributed by atoms with Crippen LogP contribution in [0.25, 0.3) is 0 Å². The van der Waals surface area contributed by atoms with Crippen LogP contribution >= 0.6 is 0 Å². The van der Waals surface area contributed by atoms with E-state index in [1.165, 1.54) is 18.4 Å². The third kappa shape index (κ3) is 4.59. The summed E-state index contributed by atoms with van der Waals surface area (Å²) >= 11 is 0. The van der Waals surface area contributed by atoms with E-state index in [0.717, 1.165) is 18.8 Å². The Morgan fingerprint density at radius 1 is 1.19 bits per heavy atom. The van der Waals surface area contributed by atoms with Crippen LogP contribution in [0.4, 0.5) is 0 Å². The molecule has 0 aliphatic carbocycles. The van der Waals surface area contributed by atoms with E-state index in [1.807, 2.05) is 24.3 Å². The standard InChI is InChI=1S/C23H27N5O3/c1-15(2)6-3-4-7-16-10-12-17(13-11-16)20(29)18-8-5-9-19-21(18)31-23(24,14-30-19)22-25-27-28-26-22/h5,8-13,15H,3-4,6-7,14,24H2,1-2H3,(H,25,26,27,28). The minimum Gasteiger partial charge on any atom is -0.483 e. The molecule has 0 amide bonds. The number of fused-ring (bicyclic) bond motifs is 1. The molecule has 0 saturated heterocycles. The summed E-state index contributed by atoms with van der Waals surface area (Å²) in [5.41, 5.74) is 7.05. The first-order chi connectivity index (χ1) is 15.0. The van der Waals surface area contributed by atoms with Crippen molar-refractivity contribution < 1.29 is 14.3 Å². The molecule has 3 aromatic rings. The number of nitrogens with two attached hydrogens (primary N) is 1. The Kier molecular flexibility index (Phi) is 5.99. The second-order valence-electron chi connectivity index (χ2n) is 8.31. The summed E-state index contributed by atoms with van der Waals surface area (Å²) in [6.45, 7) is 4.49. The Hall–Kier alpha value is -3.26. The van der Waals surface area contributed by atoms with Crippen LogP contribution in [-0.4, -0.2) is 33.0 Å². The lowest BCUT2D eigenvalue weighted by Gasteiger charge is -2.33. The SMILES string of the molecule is CC(C)CCCCc1ccc(C(=O)c2cccc3c2OC(N)(c2nn[nH]n2)CO3)cc1. The van der Waals surface area contributed by atoms with Gasteiger partial charge in [0.2, 0.25) is 5.82 Å². The summed E-state index contributed by atoms with van der Waals surface area (Å²) in [5.74, 6) is 1.46. The number of unbranched alkanes of at least 4 members (excludes halogenated alkanes) is 1. The van der Waals surface area contributed by atoms with Crippen LogP contribution < -0.4 is 15.2 Å². The van der Waals surface area contributed by atoms with Gasteiger partial charge in [-0.15, -0.1) is 10.2 Å². The molecular formula is C23H27N5O3. The number of hydrogen-bond acceptors (Lipinski definition) is 7. The van der Waals surface area contributed by atoms with Crippen molar-refractivity contribution in [3.8, 4) is 11.5 Å². The maximum absolute atomic E-state index is 13.2. The molecule has 0 saturated carbocycles. The van der Waals surface area contributed by atoms with E-state index in [-0.39, 0.29) is 24.0 Å². The van der Waals surface area contributed by atoms with Crippen molar-refractivity contribution in [3.05, 3.63) is 65.0 Å². The molecule has 2 heterocycles. The summed E-state index contributed by atoms with van der Waals surface area (Å²) in [7, 11) is 0. The Labute approximate surface area is 181 Å². The molecule has 0 bridgehead atoms. The largest absolute Gasteiger partial charge is 0.483 e. The number of benzene rings is 2. The van der Waals surface area contributed by atoms with Crippen LogP contribution in [0.2, 0.25) is 0 Å². The highest BCUT2D eigenvalue weighted by molar-refractivity contribution is 6.11. The summed E-state index contributed by atoms with van der Waals surface area (Å²) in [6, 6.07) is 12.9. The smallest absolute Gasteiger partial charge is 0.257 e. The number of tetrazole rings is 1. The molecule has 1 aliphatic rings. The van der Waals surface area contributed by atoms with Crippen LogP contribution in [0.3, 0.4) is 0 Å². The van der Waals surface area contributed by atoms with Gasteiger partial charge in [0.1, 0.15) is 6.61 Å². The van der Waals surface area contributed by atoms with Gasteiger partial charge >= 0.3 is 0 Å². The van der Waals surface area contributed by atoms with Gasteiger partial charge in [0, 0.05) is 5.56 Å². The zero-order valence-electron chi connectivity index (χ0n) is 17.8. The molecule has 162 valence electrons. The first-order valence-corrected chi connectivity index (χ1v) is 10.6. The minimum absolute atomic E-state index is 0.00266. The molecule has 1 atom stereocenters. The lowest BCUT2D eigenvalue weighted by molar-refractivity contribution is -0.0154. The van der Waals surface area contributed by atoms with Crippen molar-refractivity contribution in [2.24, 2.45) is 11.7 Å². The molecule has 1 unspecified atom stereocenters. The molecule has 31 heavy (non-hydrogen) atoms. The normalized spacial score (nSPS) is 17.7. The zero-order valence-corrected chi connectivity index (χ0v) is 17.8. The molecule has 2 aromatic carbocycles. The van der Waals surface area contributed by atoms with Gasteiger partial charge in [-0.05, 0) is 41.7 Å². The van der Waals surface area contributed by atoms with Crippen molar-refractivity contribution in [2.45, 2.75) is 45.3 Å². The van der Waals surface area contributed by atoms with E-state index >= 15 is 0 Å². The number of ether oxygens (including phenoxy) is 2. The van der Waals surface area contributed by atoms with E-state index in [0.29, 0.717) is 16.9 Å². The number of rotatable bonds is 8. The number of H-pyrrole nitrogens is 1. The fourth-order valence-electron chi connectivity index (χ4n) is 3.62. The fraction of sp³-hybridized carbons (Fsp3) is 0.391. The second kappa shape index (κ2) is 8.85. The van der Waals surface area contributed by atoms with Gasteiger partial charge in [-0.2, -0.15) is 5.21 Å². The molecule has 1 aliphatic heterocycles. The molecule has 3 N–H and O–H groups in total. The predicted octanol–water partition coefficient (Wildman–Crippen LogP) is 3.38. The van der Waals surface area contributed by atoms with Crippen LogP contribution in [0.15, 0.2) is 42.5 Å². The van der Waals surface area contributed by atoms with E-state index in [4.69, 9.17) is 15.2 Å². The molecule has 1 aromatic heterocycles. The molecule has 0 radical (unpaired) electrons. The van der Waals surface area contributed by atoms with Gasteiger partial charge in [-0.25, -0.2) is 0 Å². The number of para-hydroxylation sites is 1. The lowest BCUT2D eigenvalue weighted by atomic mass is 9.98. The summed E-state index contributed by atoms with van der Waals surface area (Å²) in [6.07, 6.45) is 4.62. The highest BCUT2D eigenvalue weighted by Gasteiger charge is 2.41. The Bertz CT molecular complexity index is 1030. The minimum atomic E-state index is -1.43. The number of nitrogens with zero attached hydrogens (tertiary/aromatic N) is 3. The van der Waals surface area contributed by atoms with E-state index in [9.17, 15) is 4.79 Å². The van der Waals surface area contributed by atoms with E-state index in [2.05, 4.69) is 34.5 Å². The third-order valence-corrected chi connectivity index (χ3v) is 5.39.